The maximum absolute atomic E-state index is 12.2. The van der Waals surface area contributed by atoms with Crippen LogP contribution in [-0.2, 0) is 20.9 Å². The van der Waals surface area contributed by atoms with E-state index in [4.69, 9.17) is 14.2 Å². The Kier molecular flexibility index (Phi) is 8.85. The van der Waals surface area contributed by atoms with E-state index in [-0.39, 0.29) is 12.5 Å². The van der Waals surface area contributed by atoms with Gasteiger partial charge in [0.2, 0.25) is 0 Å². The van der Waals surface area contributed by atoms with Crippen LogP contribution < -0.4 is 9.47 Å². The van der Waals surface area contributed by atoms with Gasteiger partial charge in [0.05, 0.1) is 14.2 Å². The summed E-state index contributed by atoms with van der Waals surface area (Å²) >= 11 is 0. The van der Waals surface area contributed by atoms with Gasteiger partial charge < -0.3 is 19.1 Å². The van der Waals surface area contributed by atoms with Crippen LogP contribution in [0.3, 0.4) is 0 Å². The van der Waals surface area contributed by atoms with Gasteiger partial charge in [-0.25, -0.2) is 4.79 Å². The number of carbonyl (C=O) groups is 2. The molecule has 0 aliphatic carbocycles. The molecule has 0 fully saturated rings. The first-order valence-electron chi connectivity index (χ1n) is 8.00. The molecule has 0 spiro atoms. The fraction of sp³-hybridized carbons (Fsp3) is 0.368. The summed E-state index contributed by atoms with van der Waals surface area (Å²) in [6.45, 7) is 4.31. The van der Waals surface area contributed by atoms with Gasteiger partial charge in [0.25, 0.3) is 5.91 Å². The average Bonchev–Trinajstić information content (AvgIpc) is 2.64. The van der Waals surface area contributed by atoms with Crippen molar-refractivity contribution in [3.05, 3.63) is 48.1 Å². The minimum absolute atomic E-state index is 0.259. The number of hydrogen-bond donors (Lipinski definition) is 0. The maximum Gasteiger partial charge on any atom is 0.331 e. The van der Waals surface area contributed by atoms with Crippen molar-refractivity contribution in [2.75, 3.05) is 27.4 Å². The molecular formula is C19H25NO5. The van der Waals surface area contributed by atoms with Gasteiger partial charge in [-0.15, -0.1) is 0 Å². The number of hydrogen-bond acceptors (Lipinski definition) is 5. The van der Waals surface area contributed by atoms with E-state index in [2.05, 4.69) is 0 Å². The fourth-order valence-electron chi connectivity index (χ4n) is 2.09. The van der Waals surface area contributed by atoms with Crippen molar-refractivity contribution in [1.29, 1.82) is 0 Å². The lowest BCUT2D eigenvalue weighted by molar-refractivity contribution is -0.148. The number of benzene rings is 1. The van der Waals surface area contributed by atoms with E-state index < -0.39 is 5.97 Å². The Bertz CT molecular complexity index is 637. The van der Waals surface area contributed by atoms with E-state index in [9.17, 15) is 9.59 Å². The number of nitrogens with zero attached hydrogens (tertiary/aromatic N) is 1. The molecule has 1 aromatic carbocycles. The number of methoxy groups -OCH3 is 2. The number of ether oxygens (including phenoxy) is 3. The van der Waals surface area contributed by atoms with Crippen LogP contribution in [0, 0.1) is 0 Å². The van der Waals surface area contributed by atoms with Gasteiger partial charge in [-0.05, 0) is 31.5 Å². The zero-order valence-electron chi connectivity index (χ0n) is 15.2. The lowest BCUT2D eigenvalue weighted by Gasteiger charge is -2.21. The summed E-state index contributed by atoms with van der Waals surface area (Å²) in [5.74, 6) is 0.421. The zero-order valence-corrected chi connectivity index (χ0v) is 15.2. The van der Waals surface area contributed by atoms with Crippen molar-refractivity contribution in [3.63, 3.8) is 0 Å². The Morgan fingerprint density at radius 3 is 2.44 bits per heavy atom. The van der Waals surface area contributed by atoms with Gasteiger partial charge in [0.15, 0.2) is 18.1 Å². The largest absolute Gasteiger partial charge is 0.493 e. The molecule has 0 saturated carbocycles. The molecule has 0 aliphatic heterocycles. The monoisotopic (exact) mass is 347 g/mol. The van der Waals surface area contributed by atoms with E-state index in [0.29, 0.717) is 24.6 Å². The topological polar surface area (TPSA) is 65.1 Å². The SMILES string of the molecule is C/C=C/C=C/C(=O)OCC(=O)N(CC)Cc1ccc(OC)c(OC)c1. The third kappa shape index (κ3) is 6.71. The van der Waals surface area contributed by atoms with Gasteiger partial charge in [0, 0.05) is 19.2 Å². The second kappa shape index (κ2) is 10.9. The van der Waals surface area contributed by atoms with E-state index in [1.54, 1.807) is 43.4 Å². The molecule has 0 aromatic heterocycles. The van der Waals surface area contributed by atoms with Gasteiger partial charge in [-0.1, -0.05) is 24.3 Å². The molecule has 0 bridgehead atoms. The summed E-state index contributed by atoms with van der Waals surface area (Å²) < 4.78 is 15.4. The summed E-state index contributed by atoms with van der Waals surface area (Å²) in [4.78, 5) is 25.3. The molecule has 6 nitrogen and oxygen atoms in total. The lowest BCUT2D eigenvalue weighted by Crippen LogP contribution is -2.34. The molecule has 0 N–H and O–H groups in total. The first kappa shape index (κ1) is 20.3. The number of likely N-dealkylation sites (N-methyl/N-ethyl adjacent to an activating group) is 1. The summed E-state index contributed by atoms with van der Waals surface area (Å²) in [5, 5.41) is 0. The molecule has 0 radical (unpaired) electrons. The van der Waals surface area contributed by atoms with Gasteiger partial charge in [-0.3, -0.25) is 4.79 Å². The van der Waals surface area contributed by atoms with E-state index >= 15 is 0 Å². The molecular weight excluding hydrogens is 322 g/mol. The molecule has 1 aromatic rings. The molecule has 136 valence electrons. The van der Waals surface area contributed by atoms with Crippen molar-refractivity contribution < 1.29 is 23.8 Å². The van der Waals surface area contributed by atoms with Crippen LogP contribution in [0.1, 0.15) is 19.4 Å². The van der Waals surface area contributed by atoms with Crippen molar-refractivity contribution >= 4 is 11.9 Å². The highest BCUT2D eigenvalue weighted by molar-refractivity contribution is 5.85. The second-order valence-electron chi connectivity index (χ2n) is 5.09. The van der Waals surface area contributed by atoms with E-state index in [1.807, 2.05) is 26.0 Å². The average molecular weight is 347 g/mol. The minimum atomic E-state index is -0.548. The van der Waals surface area contributed by atoms with Crippen molar-refractivity contribution in [3.8, 4) is 11.5 Å². The number of allylic oxidation sites excluding steroid dienone is 3. The van der Waals surface area contributed by atoms with Gasteiger partial charge >= 0.3 is 5.97 Å². The Morgan fingerprint density at radius 2 is 1.84 bits per heavy atom. The van der Waals surface area contributed by atoms with Gasteiger partial charge in [-0.2, -0.15) is 0 Å². The van der Waals surface area contributed by atoms with Crippen LogP contribution in [0.2, 0.25) is 0 Å². The molecule has 0 saturated heterocycles. The highest BCUT2D eigenvalue weighted by Gasteiger charge is 2.15. The lowest BCUT2D eigenvalue weighted by atomic mass is 10.2. The van der Waals surface area contributed by atoms with Crippen molar-refractivity contribution in [1.82, 2.24) is 4.90 Å². The number of rotatable bonds is 9. The first-order chi connectivity index (χ1) is 12.0. The highest BCUT2D eigenvalue weighted by atomic mass is 16.5. The fourth-order valence-corrected chi connectivity index (χ4v) is 2.09. The summed E-state index contributed by atoms with van der Waals surface area (Å²) in [6.07, 6.45) is 6.33. The minimum Gasteiger partial charge on any atom is -0.493 e. The number of esters is 1. The third-order valence-electron chi connectivity index (χ3n) is 3.43. The molecule has 0 heterocycles. The van der Waals surface area contributed by atoms with Crippen molar-refractivity contribution in [2.45, 2.75) is 20.4 Å². The van der Waals surface area contributed by atoms with Crippen LogP contribution in [-0.4, -0.2) is 44.1 Å². The third-order valence-corrected chi connectivity index (χ3v) is 3.43. The molecule has 1 rings (SSSR count). The van der Waals surface area contributed by atoms with Crippen LogP contribution in [0.5, 0.6) is 11.5 Å². The Hall–Kier alpha value is -2.76. The second-order valence-corrected chi connectivity index (χ2v) is 5.09. The highest BCUT2D eigenvalue weighted by Crippen LogP contribution is 2.28. The molecule has 0 unspecified atom stereocenters. The molecule has 0 aliphatic rings. The van der Waals surface area contributed by atoms with Crippen molar-refractivity contribution in [2.24, 2.45) is 0 Å². The Morgan fingerprint density at radius 1 is 1.12 bits per heavy atom. The molecule has 0 atom stereocenters. The van der Waals surface area contributed by atoms with Crippen LogP contribution in [0.25, 0.3) is 0 Å². The molecule has 6 heteroatoms. The predicted molar refractivity (Wildman–Crippen MR) is 95.6 cm³/mol. The normalized spacial score (nSPS) is 10.9. The van der Waals surface area contributed by atoms with Gasteiger partial charge in [0.1, 0.15) is 0 Å². The predicted octanol–water partition coefficient (Wildman–Crippen LogP) is 2.73. The quantitative estimate of drug-likeness (QED) is 0.390. The van der Waals surface area contributed by atoms with Crippen LogP contribution in [0.15, 0.2) is 42.5 Å². The zero-order chi connectivity index (χ0) is 18.7. The summed E-state index contributed by atoms with van der Waals surface area (Å²) in [5.41, 5.74) is 0.896. The number of amides is 1. The Balaban J connectivity index is 2.66. The van der Waals surface area contributed by atoms with E-state index in [1.165, 1.54) is 6.08 Å². The standard InChI is InChI=1S/C19H25NO5/c1-5-7-8-9-19(22)25-14-18(21)20(6-2)13-15-10-11-16(23-3)17(12-15)24-4/h5,7-12H,6,13-14H2,1-4H3/b7-5+,9-8+. The van der Waals surface area contributed by atoms with Crippen LogP contribution >= 0.6 is 0 Å². The Labute approximate surface area is 148 Å². The van der Waals surface area contributed by atoms with Crippen LogP contribution in [0.4, 0.5) is 0 Å². The number of carbonyl (C=O) groups excluding carboxylic acids is 2. The van der Waals surface area contributed by atoms with E-state index in [0.717, 1.165) is 5.56 Å². The molecule has 25 heavy (non-hydrogen) atoms. The molecule has 1 amide bonds. The summed E-state index contributed by atoms with van der Waals surface area (Å²) in [7, 11) is 3.13. The first-order valence-corrected chi connectivity index (χ1v) is 8.00. The smallest absolute Gasteiger partial charge is 0.331 e. The summed E-state index contributed by atoms with van der Waals surface area (Å²) in [6, 6.07) is 5.47. The maximum atomic E-state index is 12.2.